The summed E-state index contributed by atoms with van der Waals surface area (Å²) in [5, 5.41) is 0. The smallest absolute Gasteiger partial charge is 0.243 e. The lowest BCUT2D eigenvalue weighted by atomic mass is 10.2. The lowest BCUT2D eigenvalue weighted by Gasteiger charge is -2.07. The predicted molar refractivity (Wildman–Crippen MR) is 71.2 cm³/mol. The highest BCUT2D eigenvalue weighted by molar-refractivity contribution is 7.89. The van der Waals surface area contributed by atoms with Gasteiger partial charge >= 0.3 is 0 Å². The molecule has 0 bridgehead atoms. The second kappa shape index (κ2) is 7.44. The molecule has 8 heteroatoms. The van der Waals surface area contributed by atoms with Crippen molar-refractivity contribution in [3.63, 3.8) is 0 Å². The highest BCUT2D eigenvalue weighted by Gasteiger charge is 2.13. The Kier molecular flexibility index (Phi) is 6.23. The maximum atomic E-state index is 11.9. The number of benzene rings is 1. The van der Waals surface area contributed by atoms with Gasteiger partial charge in [-0.25, -0.2) is 13.1 Å². The first-order valence-electron chi connectivity index (χ1n) is 5.46. The number of ether oxygens (including phenoxy) is 1. The summed E-state index contributed by atoms with van der Waals surface area (Å²) < 4.78 is 31.0. The number of hydrogen-bond donors (Lipinski definition) is 2. The Bertz CT molecular complexity index is 533. The zero-order chi connectivity index (χ0) is 14.3. The van der Waals surface area contributed by atoms with E-state index in [0.29, 0.717) is 0 Å². The van der Waals surface area contributed by atoms with Crippen LogP contribution in [0.4, 0.5) is 0 Å². The van der Waals surface area contributed by atoms with E-state index in [0.717, 1.165) is 5.56 Å². The molecular weight excluding hydrogens is 292 g/mol. The van der Waals surface area contributed by atoms with Crippen molar-refractivity contribution in [3.05, 3.63) is 29.8 Å². The molecule has 0 spiro atoms. The van der Waals surface area contributed by atoms with E-state index < -0.39 is 15.9 Å². The third kappa shape index (κ3) is 5.56. The van der Waals surface area contributed by atoms with Crippen LogP contribution in [0.25, 0.3) is 0 Å². The first-order chi connectivity index (χ1) is 8.95. The van der Waals surface area contributed by atoms with Crippen LogP contribution < -0.4 is 10.5 Å². The lowest BCUT2D eigenvalue weighted by molar-refractivity contribution is -0.122. The molecule has 0 heterocycles. The van der Waals surface area contributed by atoms with Crippen LogP contribution in [0.15, 0.2) is 29.2 Å². The van der Waals surface area contributed by atoms with Crippen LogP contribution in [0.1, 0.15) is 5.56 Å². The number of nitrogens with one attached hydrogen (secondary N) is 1. The van der Waals surface area contributed by atoms with Gasteiger partial charge in [0, 0.05) is 12.4 Å². The van der Waals surface area contributed by atoms with Crippen molar-refractivity contribution < 1.29 is 17.9 Å². The van der Waals surface area contributed by atoms with E-state index in [4.69, 9.17) is 22.1 Å². The molecule has 1 rings (SSSR count). The maximum Gasteiger partial charge on any atom is 0.243 e. The summed E-state index contributed by atoms with van der Waals surface area (Å²) >= 11 is 5.65. The maximum absolute atomic E-state index is 11.9. The number of halogens is 1. The van der Waals surface area contributed by atoms with Gasteiger partial charge in [0.1, 0.15) is 6.61 Å². The van der Waals surface area contributed by atoms with Crippen molar-refractivity contribution in [1.82, 2.24) is 4.72 Å². The average molecular weight is 307 g/mol. The van der Waals surface area contributed by atoms with Crippen LogP contribution in [-0.2, 0) is 25.4 Å². The minimum absolute atomic E-state index is 0.0563. The molecule has 0 unspecified atom stereocenters. The van der Waals surface area contributed by atoms with Gasteiger partial charge in [0.15, 0.2) is 0 Å². The number of alkyl halides is 1. The molecule has 0 fully saturated rings. The number of carbonyl (C=O) groups excluding carboxylic acids is 1. The Morgan fingerprint density at radius 2 is 2.16 bits per heavy atom. The summed E-state index contributed by atoms with van der Waals surface area (Å²) in [6.45, 7) is -0.110. The van der Waals surface area contributed by atoms with Gasteiger partial charge in [0.25, 0.3) is 0 Å². The largest absolute Gasteiger partial charge is 0.370 e. The Labute approximate surface area is 116 Å². The van der Waals surface area contributed by atoms with Crippen molar-refractivity contribution in [2.75, 3.05) is 19.8 Å². The van der Waals surface area contributed by atoms with Crippen LogP contribution in [-0.4, -0.2) is 34.1 Å². The predicted octanol–water partition coefficient (Wildman–Crippen LogP) is 0.206. The summed E-state index contributed by atoms with van der Waals surface area (Å²) in [6, 6.07) is 6.33. The van der Waals surface area contributed by atoms with Gasteiger partial charge in [-0.2, -0.15) is 0 Å². The Morgan fingerprint density at radius 3 is 2.79 bits per heavy atom. The van der Waals surface area contributed by atoms with Crippen LogP contribution in [0.5, 0.6) is 0 Å². The van der Waals surface area contributed by atoms with E-state index in [2.05, 4.69) is 4.72 Å². The molecule has 106 valence electrons. The molecule has 0 aliphatic rings. The molecular formula is C11H15ClN2O4S. The highest BCUT2D eigenvalue weighted by Crippen LogP contribution is 2.12. The SMILES string of the molecule is NC(=O)COCCNS(=O)(=O)c1cccc(CCl)c1. The molecule has 1 amide bonds. The van der Waals surface area contributed by atoms with Gasteiger partial charge in [-0.15, -0.1) is 11.6 Å². The monoisotopic (exact) mass is 306 g/mol. The number of sulfonamides is 1. The van der Waals surface area contributed by atoms with Gasteiger partial charge in [0.05, 0.1) is 11.5 Å². The summed E-state index contributed by atoms with van der Waals surface area (Å²) in [7, 11) is -3.60. The third-order valence-corrected chi connectivity index (χ3v) is 3.91. The molecule has 1 aromatic rings. The summed E-state index contributed by atoms with van der Waals surface area (Å²) in [4.78, 5) is 10.5. The van der Waals surface area contributed by atoms with E-state index in [9.17, 15) is 13.2 Å². The average Bonchev–Trinajstić information content (AvgIpc) is 2.38. The molecule has 0 saturated heterocycles. The molecule has 0 aliphatic heterocycles. The lowest BCUT2D eigenvalue weighted by Crippen LogP contribution is -2.29. The van der Waals surface area contributed by atoms with E-state index in [1.165, 1.54) is 12.1 Å². The van der Waals surface area contributed by atoms with Gasteiger partial charge in [-0.05, 0) is 17.7 Å². The van der Waals surface area contributed by atoms with Crippen molar-refractivity contribution in [3.8, 4) is 0 Å². The Balaban J connectivity index is 2.53. The zero-order valence-corrected chi connectivity index (χ0v) is 11.7. The molecule has 3 N–H and O–H groups in total. The fourth-order valence-electron chi connectivity index (χ4n) is 1.30. The minimum atomic E-state index is -3.60. The molecule has 19 heavy (non-hydrogen) atoms. The number of primary amides is 1. The number of hydrogen-bond acceptors (Lipinski definition) is 4. The summed E-state index contributed by atoms with van der Waals surface area (Å²) in [6.07, 6.45) is 0. The molecule has 0 aromatic heterocycles. The number of nitrogens with two attached hydrogens (primary N) is 1. The quantitative estimate of drug-likeness (QED) is 0.529. The van der Waals surface area contributed by atoms with Crippen LogP contribution in [0, 0.1) is 0 Å². The minimum Gasteiger partial charge on any atom is -0.370 e. The first kappa shape index (κ1) is 15.9. The second-order valence-corrected chi connectivity index (χ2v) is 5.73. The third-order valence-electron chi connectivity index (χ3n) is 2.15. The van der Waals surface area contributed by atoms with Gasteiger partial charge in [-0.1, -0.05) is 12.1 Å². The van der Waals surface area contributed by atoms with Crippen molar-refractivity contribution >= 4 is 27.5 Å². The number of amides is 1. The molecule has 0 aliphatic carbocycles. The number of rotatable bonds is 8. The topological polar surface area (TPSA) is 98.5 Å². The Hall–Kier alpha value is -1.15. The van der Waals surface area contributed by atoms with Crippen molar-refractivity contribution in [1.29, 1.82) is 0 Å². The molecule has 6 nitrogen and oxygen atoms in total. The van der Waals surface area contributed by atoms with E-state index >= 15 is 0 Å². The van der Waals surface area contributed by atoms with Crippen LogP contribution >= 0.6 is 11.6 Å². The molecule has 0 radical (unpaired) electrons. The highest BCUT2D eigenvalue weighted by atomic mass is 35.5. The zero-order valence-electron chi connectivity index (χ0n) is 10.1. The number of carbonyl (C=O) groups is 1. The molecule has 0 saturated carbocycles. The van der Waals surface area contributed by atoms with Crippen molar-refractivity contribution in [2.24, 2.45) is 5.73 Å². The van der Waals surface area contributed by atoms with E-state index in [1.54, 1.807) is 12.1 Å². The van der Waals surface area contributed by atoms with Gasteiger partial charge < -0.3 is 10.5 Å². The molecule has 1 aromatic carbocycles. The fourth-order valence-corrected chi connectivity index (χ4v) is 2.55. The van der Waals surface area contributed by atoms with Gasteiger partial charge in [0.2, 0.25) is 15.9 Å². The second-order valence-electron chi connectivity index (χ2n) is 3.70. The standard InChI is InChI=1S/C11H15ClN2O4S/c12-7-9-2-1-3-10(6-9)19(16,17)14-4-5-18-8-11(13)15/h1-3,6,14H,4-5,7-8H2,(H2,13,15). The van der Waals surface area contributed by atoms with Crippen molar-refractivity contribution in [2.45, 2.75) is 10.8 Å². The Morgan fingerprint density at radius 1 is 1.42 bits per heavy atom. The van der Waals surface area contributed by atoms with Crippen LogP contribution in [0.3, 0.4) is 0 Å². The fraction of sp³-hybridized carbons (Fsp3) is 0.364. The van der Waals surface area contributed by atoms with Gasteiger partial charge in [-0.3, -0.25) is 4.79 Å². The van der Waals surface area contributed by atoms with Crippen LogP contribution in [0.2, 0.25) is 0 Å². The van der Waals surface area contributed by atoms with E-state index in [1.807, 2.05) is 0 Å². The summed E-state index contributed by atoms with van der Waals surface area (Å²) in [5.41, 5.74) is 5.59. The summed E-state index contributed by atoms with van der Waals surface area (Å²) in [5.74, 6) is -0.358. The molecule has 0 atom stereocenters. The first-order valence-corrected chi connectivity index (χ1v) is 7.48. The normalized spacial score (nSPS) is 11.4. The van der Waals surface area contributed by atoms with E-state index in [-0.39, 0.29) is 30.5 Å².